The van der Waals surface area contributed by atoms with Gasteiger partial charge in [-0.05, 0) is 37.4 Å². The van der Waals surface area contributed by atoms with Crippen LogP contribution in [-0.4, -0.2) is 33.4 Å². The third-order valence-electron chi connectivity index (χ3n) is 4.43. The molecule has 2 unspecified atom stereocenters. The molecule has 1 saturated heterocycles. The van der Waals surface area contributed by atoms with Gasteiger partial charge in [-0.1, -0.05) is 13.0 Å². The zero-order valence-corrected chi connectivity index (χ0v) is 12.6. The van der Waals surface area contributed by atoms with Gasteiger partial charge in [0.2, 0.25) is 0 Å². The van der Waals surface area contributed by atoms with Crippen molar-refractivity contribution in [3.63, 3.8) is 0 Å². The Hall–Kier alpha value is -1.72. The average molecular weight is 286 g/mol. The van der Waals surface area contributed by atoms with Crippen LogP contribution in [0.25, 0.3) is 5.65 Å². The normalized spacial score (nSPS) is 23.6. The van der Waals surface area contributed by atoms with Gasteiger partial charge in [-0.3, -0.25) is 14.1 Å². The van der Waals surface area contributed by atoms with E-state index < -0.39 is 0 Å². The Balaban J connectivity index is 1.88. The summed E-state index contributed by atoms with van der Waals surface area (Å²) < 4.78 is 1.60. The van der Waals surface area contributed by atoms with Crippen LogP contribution in [0.5, 0.6) is 0 Å². The molecule has 5 nitrogen and oxygen atoms in total. The van der Waals surface area contributed by atoms with Crippen molar-refractivity contribution in [1.82, 2.24) is 14.3 Å². The highest BCUT2D eigenvalue weighted by Gasteiger charge is 2.23. The molecule has 1 aliphatic rings. The van der Waals surface area contributed by atoms with Crippen LogP contribution in [0, 0.1) is 12.8 Å². The molecule has 1 fully saturated rings. The Kier molecular flexibility index (Phi) is 3.78. The summed E-state index contributed by atoms with van der Waals surface area (Å²) in [6.45, 7) is 6.76. The van der Waals surface area contributed by atoms with Crippen molar-refractivity contribution in [2.45, 2.75) is 32.9 Å². The summed E-state index contributed by atoms with van der Waals surface area (Å²) in [6.07, 6.45) is 2.87. The standard InChI is InChI=1S/C16H22N4O/c1-11-5-7-19(10-14(11)17)9-13-8-15(21)20-6-3-4-12(2)16(20)18-13/h3-4,6,8,11,14H,5,7,9-10,17H2,1-2H3. The number of piperidine rings is 1. The maximum absolute atomic E-state index is 12.2. The Morgan fingerprint density at radius 3 is 3.05 bits per heavy atom. The van der Waals surface area contributed by atoms with Gasteiger partial charge in [0.25, 0.3) is 5.56 Å². The topological polar surface area (TPSA) is 63.6 Å². The molecule has 0 saturated carbocycles. The fourth-order valence-corrected chi connectivity index (χ4v) is 2.93. The van der Waals surface area contributed by atoms with Crippen LogP contribution >= 0.6 is 0 Å². The predicted molar refractivity (Wildman–Crippen MR) is 83.2 cm³/mol. The summed E-state index contributed by atoms with van der Waals surface area (Å²) in [5.41, 5.74) is 8.71. The van der Waals surface area contributed by atoms with Crippen LogP contribution in [0.3, 0.4) is 0 Å². The van der Waals surface area contributed by atoms with E-state index in [9.17, 15) is 4.79 Å². The van der Waals surface area contributed by atoms with E-state index in [0.29, 0.717) is 12.5 Å². The fraction of sp³-hybridized carbons (Fsp3) is 0.500. The molecule has 0 bridgehead atoms. The van der Waals surface area contributed by atoms with Gasteiger partial charge in [0, 0.05) is 31.4 Å². The Bertz CT molecular complexity index is 709. The smallest absolute Gasteiger partial charge is 0.258 e. The number of hydrogen-bond acceptors (Lipinski definition) is 4. The van der Waals surface area contributed by atoms with E-state index in [-0.39, 0.29) is 11.6 Å². The quantitative estimate of drug-likeness (QED) is 0.900. The molecule has 21 heavy (non-hydrogen) atoms. The summed E-state index contributed by atoms with van der Waals surface area (Å²) in [6, 6.07) is 5.69. The molecule has 1 aliphatic heterocycles. The van der Waals surface area contributed by atoms with E-state index >= 15 is 0 Å². The molecule has 2 N–H and O–H groups in total. The number of aromatic nitrogens is 2. The molecular formula is C16H22N4O. The van der Waals surface area contributed by atoms with Gasteiger partial charge in [0.05, 0.1) is 5.69 Å². The van der Waals surface area contributed by atoms with Crippen LogP contribution in [0.15, 0.2) is 29.2 Å². The lowest BCUT2D eigenvalue weighted by Gasteiger charge is -2.34. The molecule has 0 spiro atoms. The summed E-state index contributed by atoms with van der Waals surface area (Å²) >= 11 is 0. The van der Waals surface area contributed by atoms with Crippen LogP contribution < -0.4 is 11.3 Å². The fourth-order valence-electron chi connectivity index (χ4n) is 2.93. The van der Waals surface area contributed by atoms with Crippen molar-refractivity contribution in [1.29, 1.82) is 0 Å². The summed E-state index contributed by atoms with van der Waals surface area (Å²) in [5.74, 6) is 0.568. The first-order valence-electron chi connectivity index (χ1n) is 7.50. The monoisotopic (exact) mass is 286 g/mol. The third kappa shape index (κ3) is 2.84. The average Bonchev–Trinajstić information content (AvgIpc) is 2.44. The second-order valence-corrected chi connectivity index (χ2v) is 6.14. The Labute approximate surface area is 124 Å². The largest absolute Gasteiger partial charge is 0.326 e. The van der Waals surface area contributed by atoms with Crippen molar-refractivity contribution in [3.05, 3.63) is 46.0 Å². The number of nitrogens with two attached hydrogens (primary N) is 1. The molecule has 2 aromatic rings. The minimum absolute atomic E-state index is 0.0200. The number of pyridine rings is 1. The molecule has 5 heteroatoms. The first kappa shape index (κ1) is 14.2. The van der Waals surface area contributed by atoms with Gasteiger partial charge < -0.3 is 5.73 Å². The minimum Gasteiger partial charge on any atom is -0.326 e. The number of nitrogens with zero attached hydrogens (tertiary/aromatic N) is 3. The number of aryl methyl sites for hydroxylation is 1. The third-order valence-corrected chi connectivity index (χ3v) is 4.43. The van der Waals surface area contributed by atoms with E-state index in [1.165, 1.54) is 0 Å². The molecule has 0 amide bonds. The van der Waals surface area contributed by atoms with E-state index in [1.807, 2.05) is 19.1 Å². The zero-order valence-electron chi connectivity index (χ0n) is 12.6. The van der Waals surface area contributed by atoms with Crippen molar-refractivity contribution >= 4 is 5.65 Å². The van der Waals surface area contributed by atoms with Crippen LogP contribution in [0.4, 0.5) is 0 Å². The van der Waals surface area contributed by atoms with E-state index in [4.69, 9.17) is 5.73 Å². The SMILES string of the molecule is Cc1cccn2c(=O)cc(CN3CCC(C)C(N)C3)nc12. The van der Waals surface area contributed by atoms with Crippen molar-refractivity contribution in [2.24, 2.45) is 11.7 Å². The lowest BCUT2D eigenvalue weighted by atomic mass is 9.94. The maximum Gasteiger partial charge on any atom is 0.258 e. The summed E-state index contributed by atoms with van der Waals surface area (Å²) in [4.78, 5) is 19.1. The van der Waals surface area contributed by atoms with Crippen LogP contribution in [0.1, 0.15) is 24.6 Å². The van der Waals surface area contributed by atoms with Crippen molar-refractivity contribution < 1.29 is 0 Å². The number of rotatable bonds is 2. The van der Waals surface area contributed by atoms with Gasteiger partial charge in [-0.2, -0.15) is 0 Å². The molecule has 0 aliphatic carbocycles. The minimum atomic E-state index is -0.0200. The maximum atomic E-state index is 12.2. The second kappa shape index (κ2) is 5.58. The molecule has 3 heterocycles. The number of fused-ring (bicyclic) bond motifs is 1. The highest BCUT2D eigenvalue weighted by molar-refractivity contribution is 5.46. The molecule has 2 atom stereocenters. The van der Waals surface area contributed by atoms with Crippen molar-refractivity contribution in [3.8, 4) is 0 Å². The lowest BCUT2D eigenvalue weighted by molar-refractivity contribution is 0.160. The molecule has 3 rings (SSSR count). The molecule has 2 aromatic heterocycles. The van der Waals surface area contributed by atoms with Gasteiger partial charge in [0.15, 0.2) is 0 Å². The number of likely N-dealkylation sites (tertiary alicyclic amines) is 1. The summed E-state index contributed by atoms with van der Waals surface area (Å²) in [7, 11) is 0. The van der Waals surface area contributed by atoms with Crippen LogP contribution in [-0.2, 0) is 6.54 Å². The predicted octanol–water partition coefficient (Wildman–Crippen LogP) is 1.17. The Morgan fingerprint density at radius 2 is 2.29 bits per heavy atom. The zero-order chi connectivity index (χ0) is 15.0. The van der Waals surface area contributed by atoms with E-state index in [0.717, 1.165) is 36.4 Å². The van der Waals surface area contributed by atoms with Crippen LogP contribution in [0.2, 0.25) is 0 Å². The van der Waals surface area contributed by atoms with Gasteiger partial charge in [-0.15, -0.1) is 0 Å². The molecular weight excluding hydrogens is 264 g/mol. The molecule has 112 valence electrons. The summed E-state index contributed by atoms with van der Waals surface area (Å²) in [5, 5.41) is 0. The first-order valence-corrected chi connectivity index (χ1v) is 7.50. The van der Waals surface area contributed by atoms with Crippen molar-refractivity contribution in [2.75, 3.05) is 13.1 Å². The number of hydrogen-bond donors (Lipinski definition) is 1. The molecule has 0 radical (unpaired) electrons. The van der Waals surface area contributed by atoms with Gasteiger partial charge in [0.1, 0.15) is 5.65 Å². The Morgan fingerprint density at radius 1 is 1.48 bits per heavy atom. The molecule has 0 aromatic carbocycles. The van der Waals surface area contributed by atoms with E-state index in [2.05, 4.69) is 16.8 Å². The highest BCUT2D eigenvalue weighted by Crippen LogP contribution is 2.17. The van der Waals surface area contributed by atoms with Gasteiger partial charge >= 0.3 is 0 Å². The second-order valence-electron chi connectivity index (χ2n) is 6.14. The lowest BCUT2D eigenvalue weighted by Crippen LogP contribution is -2.47. The highest BCUT2D eigenvalue weighted by atomic mass is 16.1. The van der Waals surface area contributed by atoms with E-state index in [1.54, 1.807) is 16.7 Å². The van der Waals surface area contributed by atoms with Gasteiger partial charge in [-0.25, -0.2) is 4.98 Å². The first-order chi connectivity index (χ1) is 10.0.